The monoisotopic (exact) mass is 748 g/mol. The smallest absolute Gasteiger partial charge is 0.183 e. The quantitative estimate of drug-likeness (QED) is 0.197. The molecule has 53 heavy (non-hydrogen) atoms. The van der Waals surface area contributed by atoms with Crippen LogP contribution in [0.5, 0.6) is 5.75 Å². The minimum absolute atomic E-state index is 0.0124. The SMILES string of the molecule is CCC1(O)CC(OC2CC(O)C(OC3CCC(OC4CCC(O)C(O)O4)C(C)O3)C(C)O2)C2=C(O)C3C(=O)c4c(O)cccc4C(=O)C3C(O)=C2C1O. The summed E-state index contributed by atoms with van der Waals surface area (Å²) in [4.78, 5) is 27.4. The predicted octanol–water partition coefficient (Wildman–Crippen LogP) is 1.54. The predicted molar refractivity (Wildman–Crippen MR) is 178 cm³/mol. The lowest BCUT2D eigenvalue weighted by molar-refractivity contribution is -0.330. The van der Waals surface area contributed by atoms with Crippen LogP contribution in [0.15, 0.2) is 40.9 Å². The van der Waals surface area contributed by atoms with Crippen molar-refractivity contribution >= 4 is 11.6 Å². The number of hydrogen-bond donors (Lipinski definition) is 8. The molecule has 16 heteroatoms. The molecular formula is C37H48O16. The lowest BCUT2D eigenvalue weighted by atomic mass is 9.62. The lowest BCUT2D eigenvalue weighted by Gasteiger charge is -2.48. The molecule has 3 aliphatic heterocycles. The van der Waals surface area contributed by atoms with Crippen LogP contribution in [0, 0.1) is 11.8 Å². The van der Waals surface area contributed by atoms with Crippen molar-refractivity contribution in [2.24, 2.45) is 11.8 Å². The molecule has 292 valence electrons. The Hall–Kier alpha value is -3.00. The summed E-state index contributed by atoms with van der Waals surface area (Å²) in [5.41, 5.74) is -2.82. The highest BCUT2D eigenvalue weighted by Crippen LogP contribution is 2.52. The first-order valence-electron chi connectivity index (χ1n) is 18.3. The molecule has 0 radical (unpaired) electrons. The maximum Gasteiger partial charge on any atom is 0.183 e. The minimum Gasteiger partial charge on any atom is -0.511 e. The number of carbonyl (C=O) groups excluding carboxylic acids is 2. The maximum atomic E-state index is 13.7. The zero-order valence-corrected chi connectivity index (χ0v) is 29.6. The summed E-state index contributed by atoms with van der Waals surface area (Å²) >= 11 is 0. The topological polar surface area (TPSA) is 251 Å². The Labute approximate surface area is 305 Å². The molecule has 16 nitrogen and oxygen atoms in total. The number of aliphatic hydroxyl groups excluding tert-OH is 6. The van der Waals surface area contributed by atoms with Crippen LogP contribution in [0.3, 0.4) is 0 Å². The van der Waals surface area contributed by atoms with Gasteiger partial charge in [0.2, 0.25) is 0 Å². The molecule has 1 aromatic rings. The van der Waals surface area contributed by atoms with Gasteiger partial charge in [-0.3, -0.25) is 9.59 Å². The number of carbonyl (C=O) groups is 2. The third-order valence-corrected chi connectivity index (χ3v) is 11.6. The van der Waals surface area contributed by atoms with Gasteiger partial charge in [-0.05, 0) is 39.2 Å². The summed E-state index contributed by atoms with van der Waals surface area (Å²) in [5.74, 6) is -6.58. The number of benzene rings is 1. The summed E-state index contributed by atoms with van der Waals surface area (Å²) < 4.78 is 36.0. The minimum atomic E-state index is -1.88. The van der Waals surface area contributed by atoms with E-state index in [1.165, 1.54) is 18.2 Å². The van der Waals surface area contributed by atoms with Crippen LogP contribution in [0.1, 0.15) is 86.4 Å². The second-order valence-electron chi connectivity index (χ2n) is 15.0. The van der Waals surface area contributed by atoms with E-state index in [4.69, 9.17) is 28.4 Å². The Morgan fingerprint density at radius 1 is 0.774 bits per heavy atom. The van der Waals surface area contributed by atoms with Gasteiger partial charge in [-0.15, -0.1) is 0 Å². The number of hydrogen-bond acceptors (Lipinski definition) is 16. The van der Waals surface area contributed by atoms with Crippen LogP contribution in [0.25, 0.3) is 0 Å². The largest absolute Gasteiger partial charge is 0.511 e. The summed E-state index contributed by atoms with van der Waals surface area (Å²) in [6.07, 6.45) is -10.1. The third-order valence-electron chi connectivity index (χ3n) is 11.6. The molecular weight excluding hydrogens is 700 g/mol. The molecule has 3 heterocycles. The molecule has 6 aliphatic rings. The molecule has 0 spiro atoms. The number of phenolic OH excluding ortho intramolecular Hbond substituents is 1. The highest BCUT2D eigenvalue weighted by Gasteiger charge is 2.58. The van der Waals surface area contributed by atoms with E-state index in [1.54, 1.807) is 13.8 Å². The van der Waals surface area contributed by atoms with E-state index in [2.05, 4.69) is 0 Å². The van der Waals surface area contributed by atoms with Gasteiger partial charge in [0, 0.05) is 42.4 Å². The van der Waals surface area contributed by atoms with Crippen LogP contribution in [-0.4, -0.2) is 132 Å². The number of allylic oxidation sites excluding steroid dienone is 2. The van der Waals surface area contributed by atoms with Gasteiger partial charge < -0.3 is 69.3 Å². The molecule has 8 N–H and O–H groups in total. The van der Waals surface area contributed by atoms with E-state index in [0.717, 1.165) is 0 Å². The summed E-state index contributed by atoms with van der Waals surface area (Å²) in [7, 11) is 0. The molecule has 3 saturated heterocycles. The number of aromatic hydroxyl groups is 1. The summed E-state index contributed by atoms with van der Waals surface area (Å²) in [5, 5.41) is 87.5. The van der Waals surface area contributed by atoms with Crippen molar-refractivity contribution in [3.63, 3.8) is 0 Å². The molecule has 1 aromatic carbocycles. The second kappa shape index (κ2) is 14.6. The Morgan fingerprint density at radius 3 is 2.11 bits per heavy atom. The first-order chi connectivity index (χ1) is 25.1. The molecule has 15 unspecified atom stereocenters. The van der Waals surface area contributed by atoms with Gasteiger partial charge in [0.25, 0.3) is 0 Å². The average Bonchev–Trinajstić information content (AvgIpc) is 3.11. The van der Waals surface area contributed by atoms with Crippen LogP contribution in [-0.2, 0) is 28.4 Å². The van der Waals surface area contributed by atoms with Gasteiger partial charge in [0.1, 0.15) is 35.6 Å². The normalized spacial score (nSPS) is 43.3. The fourth-order valence-corrected chi connectivity index (χ4v) is 8.62. The van der Waals surface area contributed by atoms with E-state index in [-0.39, 0.29) is 47.6 Å². The van der Waals surface area contributed by atoms with Gasteiger partial charge in [-0.2, -0.15) is 0 Å². The Bertz CT molecular complexity index is 1650. The maximum absolute atomic E-state index is 13.7. The van der Waals surface area contributed by atoms with Crippen molar-refractivity contribution in [2.75, 3.05) is 0 Å². The number of fused-ring (bicyclic) bond motifs is 3. The molecule has 15 atom stereocenters. The van der Waals surface area contributed by atoms with E-state index >= 15 is 0 Å². The second-order valence-corrected chi connectivity index (χ2v) is 15.0. The van der Waals surface area contributed by atoms with Gasteiger partial charge in [-0.1, -0.05) is 19.1 Å². The first kappa shape index (κ1) is 38.3. The number of Topliss-reactive ketones (excluding diaryl/α,β-unsaturated/α-hetero) is 2. The molecule has 1 saturated carbocycles. The highest BCUT2D eigenvalue weighted by atomic mass is 16.8. The van der Waals surface area contributed by atoms with Crippen molar-refractivity contribution in [2.45, 2.75) is 145 Å². The average molecular weight is 749 g/mol. The Balaban J connectivity index is 1.05. The Morgan fingerprint density at radius 2 is 1.43 bits per heavy atom. The van der Waals surface area contributed by atoms with E-state index < -0.39 is 114 Å². The van der Waals surface area contributed by atoms with E-state index in [1.807, 2.05) is 6.92 Å². The third kappa shape index (κ3) is 6.71. The zero-order chi connectivity index (χ0) is 38.1. The van der Waals surface area contributed by atoms with Crippen molar-refractivity contribution in [3.8, 4) is 5.75 Å². The molecule has 4 fully saturated rings. The van der Waals surface area contributed by atoms with Gasteiger partial charge in [0.05, 0.1) is 53.5 Å². The number of aliphatic hydroxyl groups is 7. The van der Waals surface area contributed by atoms with Gasteiger partial charge >= 0.3 is 0 Å². The van der Waals surface area contributed by atoms with E-state index in [0.29, 0.717) is 25.7 Å². The van der Waals surface area contributed by atoms with Crippen molar-refractivity contribution in [3.05, 3.63) is 52.0 Å². The Kier molecular flexibility index (Phi) is 10.5. The molecule has 7 rings (SSSR count). The number of phenols is 1. The number of rotatable bonds is 7. The molecule has 0 aromatic heterocycles. The summed E-state index contributed by atoms with van der Waals surface area (Å²) in [6, 6.07) is 3.94. The van der Waals surface area contributed by atoms with Crippen LogP contribution < -0.4 is 0 Å². The number of ether oxygens (including phenoxy) is 6. The lowest BCUT2D eigenvalue weighted by Crippen LogP contribution is -2.57. The first-order valence-corrected chi connectivity index (χ1v) is 18.3. The molecule has 0 bridgehead atoms. The highest BCUT2D eigenvalue weighted by molar-refractivity contribution is 6.19. The standard InChI is InChI=1S/C37H48O16/c1-4-37(47)13-21(26-29(35(37)45)33(44)27-28(32(26)43)31(42)25-16(30(27)41)6-5-7-17(25)38)51-24-12-19(40)34(15(3)49-24)52-22-11-9-20(14(2)48-22)50-23-10-8-18(39)36(46)53-23/h5-7,14-15,18-24,27-28,34-36,38-40,43-47H,4,8-13H2,1-3H3. The van der Waals surface area contributed by atoms with Crippen molar-refractivity contribution in [1.82, 2.24) is 0 Å². The van der Waals surface area contributed by atoms with Crippen LogP contribution in [0.4, 0.5) is 0 Å². The fraction of sp³-hybridized carbons (Fsp3) is 0.676. The summed E-state index contributed by atoms with van der Waals surface area (Å²) in [6.45, 7) is 5.09. The number of ketones is 2. The molecule has 3 aliphatic carbocycles. The van der Waals surface area contributed by atoms with Crippen LogP contribution in [0.2, 0.25) is 0 Å². The zero-order valence-electron chi connectivity index (χ0n) is 29.6. The van der Waals surface area contributed by atoms with Gasteiger partial charge in [-0.25, -0.2) is 0 Å². The van der Waals surface area contributed by atoms with Crippen molar-refractivity contribution < 1.29 is 78.9 Å². The van der Waals surface area contributed by atoms with Gasteiger partial charge in [0.15, 0.2) is 36.7 Å². The van der Waals surface area contributed by atoms with E-state index in [9.17, 15) is 50.4 Å². The molecule has 0 amide bonds. The van der Waals surface area contributed by atoms with Crippen molar-refractivity contribution in [1.29, 1.82) is 0 Å². The fourth-order valence-electron chi connectivity index (χ4n) is 8.62. The van der Waals surface area contributed by atoms with Crippen LogP contribution >= 0.6 is 0 Å².